The normalized spacial score (nSPS) is 15.1. The maximum Gasteiger partial charge on any atom is 0.345 e. The minimum Gasteiger partial charge on any atom is -0.423 e. The van der Waals surface area contributed by atoms with E-state index in [2.05, 4.69) is 23.2 Å². The number of benzene rings is 2. The van der Waals surface area contributed by atoms with Gasteiger partial charge in [0.15, 0.2) is 0 Å². The second-order valence-electron chi connectivity index (χ2n) is 7.03. The van der Waals surface area contributed by atoms with Gasteiger partial charge < -0.3 is 15.2 Å². The second-order valence-corrected chi connectivity index (χ2v) is 7.44. The molecule has 1 unspecified atom stereocenters. The van der Waals surface area contributed by atoms with E-state index in [4.69, 9.17) is 26.8 Å². The molecule has 156 valence electrons. The van der Waals surface area contributed by atoms with Crippen molar-refractivity contribution in [3.05, 3.63) is 87.4 Å². The number of nitrogens with two attached hydrogens (primary N) is 1. The molecule has 4 rings (SSSR count). The molecule has 7 nitrogen and oxygen atoms in total. The first-order valence-corrected chi connectivity index (χ1v) is 10.1. The van der Waals surface area contributed by atoms with Crippen LogP contribution in [-0.2, 0) is 6.42 Å². The van der Waals surface area contributed by atoms with Crippen LogP contribution >= 0.6 is 11.6 Å². The monoisotopic (exact) mass is 434 g/mol. The maximum atomic E-state index is 12.4. The Hall–Kier alpha value is -3.76. The minimum atomic E-state index is -0.548. The molecule has 1 aromatic heterocycles. The van der Waals surface area contributed by atoms with Crippen LogP contribution in [0.5, 0.6) is 11.6 Å². The van der Waals surface area contributed by atoms with Gasteiger partial charge in [0.05, 0.1) is 16.5 Å². The van der Waals surface area contributed by atoms with Gasteiger partial charge in [0, 0.05) is 11.3 Å². The van der Waals surface area contributed by atoms with E-state index in [9.17, 15) is 10.1 Å². The Labute approximate surface area is 184 Å². The lowest BCUT2D eigenvalue weighted by Crippen LogP contribution is -2.21. The fourth-order valence-corrected chi connectivity index (χ4v) is 3.81. The third kappa shape index (κ3) is 3.86. The van der Waals surface area contributed by atoms with Gasteiger partial charge in [-0.2, -0.15) is 5.26 Å². The maximum absolute atomic E-state index is 12.4. The summed E-state index contributed by atoms with van der Waals surface area (Å²) in [5.41, 5.74) is 9.09. The average Bonchev–Trinajstić information content (AvgIpc) is 3.16. The SMILES string of the molecule is CCCc1[nH]nc2c1C(c1ccc(OC(=O)c3ccccc3Cl)cc1)C(C#N)=C(N)O2. The quantitative estimate of drug-likeness (QED) is 0.452. The minimum absolute atomic E-state index is 0.0313. The van der Waals surface area contributed by atoms with Crippen LogP contribution < -0.4 is 15.2 Å². The molecule has 0 bridgehead atoms. The molecule has 2 heterocycles. The highest BCUT2D eigenvalue weighted by Crippen LogP contribution is 2.43. The first-order chi connectivity index (χ1) is 15.0. The van der Waals surface area contributed by atoms with Gasteiger partial charge >= 0.3 is 5.97 Å². The molecule has 0 fully saturated rings. The van der Waals surface area contributed by atoms with Crippen LogP contribution in [0.3, 0.4) is 0 Å². The summed E-state index contributed by atoms with van der Waals surface area (Å²) in [7, 11) is 0. The number of nitrogens with zero attached hydrogens (tertiary/aromatic N) is 2. The number of esters is 1. The number of nitriles is 1. The van der Waals surface area contributed by atoms with E-state index in [0.29, 0.717) is 22.2 Å². The van der Waals surface area contributed by atoms with Crippen molar-refractivity contribution in [3.8, 4) is 17.7 Å². The van der Waals surface area contributed by atoms with E-state index in [-0.39, 0.29) is 11.4 Å². The first-order valence-electron chi connectivity index (χ1n) is 9.74. The van der Waals surface area contributed by atoms with Crippen LogP contribution in [0, 0.1) is 11.3 Å². The summed E-state index contributed by atoms with van der Waals surface area (Å²) in [5, 5.41) is 17.3. The van der Waals surface area contributed by atoms with Crippen molar-refractivity contribution in [1.82, 2.24) is 10.2 Å². The summed E-state index contributed by atoms with van der Waals surface area (Å²) in [6.07, 6.45) is 1.66. The third-order valence-electron chi connectivity index (χ3n) is 5.04. The molecule has 0 amide bonds. The van der Waals surface area contributed by atoms with Crippen molar-refractivity contribution in [2.24, 2.45) is 5.73 Å². The highest BCUT2D eigenvalue weighted by atomic mass is 35.5. The number of carbonyl (C=O) groups excluding carboxylic acids is 1. The Kier molecular flexibility index (Phi) is 5.65. The molecule has 0 radical (unpaired) electrons. The van der Waals surface area contributed by atoms with Crippen LogP contribution in [0.15, 0.2) is 60.0 Å². The summed E-state index contributed by atoms with van der Waals surface area (Å²) in [6, 6.07) is 15.8. The zero-order chi connectivity index (χ0) is 22.0. The van der Waals surface area contributed by atoms with Gasteiger partial charge in [-0.3, -0.25) is 5.10 Å². The number of carbonyl (C=O) groups is 1. The van der Waals surface area contributed by atoms with E-state index in [1.165, 1.54) is 0 Å². The average molecular weight is 435 g/mol. The third-order valence-corrected chi connectivity index (χ3v) is 5.37. The first kappa shape index (κ1) is 20.5. The zero-order valence-electron chi connectivity index (χ0n) is 16.7. The van der Waals surface area contributed by atoms with Gasteiger partial charge in [0.25, 0.3) is 0 Å². The molecular weight excluding hydrogens is 416 g/mol. The standard InChI is InChI=1S/C23H19ClN4O3/c1-2-5-18-20-19(16(12-25)21(26)31-22(20)28-27-18)13-8-10-14(11-9-13)30-23(29)15-6-3-4-7-17(15)24/h3-4,6-11,19H,2,5,26H2,1H3,(H,27,28). The van der Waals surface area contributed by atoms with E-state index < -0.39 is 11.9 Å². The van der Waals surface area contributed by atoms with Gasteiger partial charge in [0.2, 0.25) is 11.8 Å². The number of aromatic amines is 1. The molecule has 31 heavy (non-hydrogen) atoms. The Morgan fingerprint density at radius 1 is 1.29 bits per heavy atom. The van der Waals surface area contributed by atoms with Gasteiger partial charge in [-0.05, 0) is 36.2 Å². The molecule has 0 saturated heterocycles. The van der Waals surface area contributed by atoms with Crippen molar-refractivity contribution in [3.63, 3.8) is 0 Å². The van der Waals surface area contributed by atoms with Gasteiger partial charge in [-0.15, -0.1) is 5.10 Å². The summed E-state index contributed by atoms with van der Waals surface area (Å²) in [4.78, 5) is 12.4. The largest absolute Gasteiger partial charge is 0.423 e. The number of aryl methyl sites for hydroxylation is 1. The lowest BCUT2D eigenvalue weighted by Gasteiger charge is -2.24. The van der Waals surface area contributed by atoms with E-state index in [1.54, 1.807) is 48.5 Å². The predicted molar refractivity (Wildman–Crippen MR) is 115 cm³/mol. The van der Waals surface area contributed by atoms with Crippen LogP contribution in [0.25, 0.3) is 0 Å². The number of H-pyrrole nitrogens is 1. The number of ether oxygens (including phenoxy) is 2. The summed E-state index contributed by atoms with van der Waals surface area (Å²) in [5.74, 6) is -0.212. The summed E-state index contributed by atoms with van der Waals surface area (Å²) < 4.78 is 11.0. The van der Waals surface area contributed by atoms with Crippen molar-refractivity contribution in [2.45, 2.75) is 25.7 Å². The number of nitrogens with one attached hydrogen (secondary N) is 1. The molecule has 0 aliphatic carbocycles. The van der Waals surface area contributed by atoms with Crippen molar-refractivity contribution < 1.29 is 14.3 Å². The van der Waals surface area contributed by atoms with E-state index in [1.807, 2.05) is 0 Å². The van der Waals surface area contributed by atoms with Crippen LogP contribution in [0.1, 0.15) is 46.4 Å². The predicted octanol–water partition coefficient (Wildman–Crippen LogP) is 4.45. The number of aromatic nitrogens is 2. The molecule has 1 atom stereocenters. The van der Waals surface area contributed by atoms with E-state index in [0.717, 1.165) is 29.7 Å². The number of rotatable bonds is 5. The molecule has 2 aromatic carbocycles. The van der Waals surface area contributed by atoms with Crippen molar-refractivity contribution in [1.29, 1.82) is 5.26 Å². The van der Waals surface area contributed by atoms with Crippen molar-refractivity contribution in [2.75, 3.05) is 0 Å². The van der Waals surface area contributed by atoms with Crippen LogP contribution in [-0.4, -0.2) is 16.2 Å². The molecule has 1 aliphatic rings. The summed E-state index contributed by atoms with van der Waals surface area (Å²) in [6.45, 7) is 2.06. The second kappa shape index (κ2) is 8.54. The van der Waals surface area contributed by atoms with Crippen LogP contribution in [0.4, 0.5) is 0 Å². The van der Waals surface area contributed by atoms with E-state index >= 15 is 0 Å². The molecule has 3 aromatic rings. The molecule has 8 heteroatoms. The number of fused-ring (bicyclic) bond motifs is 1. The fourth-order valence-electron chi connectivity index (χ4n) is 3.60. The Bertz CT molecular complexity index is 1210. The number of hydrogen-bond donors (Lipinski definition) is 2. The molecule has 1 aliphatic heterocycles. The number of hydrogen-bond acceptors (Lipinski definition) is 6. The summed E-state index contributed by atoms with van der Waals surface area (Å²) >= 11 is 6.07. The topological polar surface area (TPSA) is 114 Å². The van der Waals surface area contributed by atoms with Gasteiger partial charge in [-0.25, -0.2) is 4.79 Å². The molecule has 0 saturated carbocycles. The Balaban J connectivity index is 1.66. The smallest absolute Gasteiger partial charge is 0.345 e. The van der Waals surface area contributed by atoms with Crippen molar-refractivity contribution >= 4 is 17.6 Å². The highest BCUT2D eigenvalue weighted by molar-refractivity contribution is 6.33. The lowest BCUT2D eigenvalue weighted by atomic mass is 9.83. The molecule has 0 spiro atoms. The Morgan fingerprint density at radius 3 is 2.71 bits per heavy atom. The highest BCUT2D eigenvalue weighted by Gasteiger charge is 2.34. The zero-order valence-corrected chi connectivity index (χ0v) is 17.4. The molecule has 3 N–H and O–H groups in total. The number of allylic oxidation sites excluding steroid dienone is 1. The number of halogens is 1. The Morgan fingerprint density at radius 2 is 2.03 bits per heavy atom. The lowest BCUT2D eigenvalue weighted by molar-refractivity contribution is 0.0735. The van der Waals surface area contributed by atoms with Gasteiger partial charge in [-0.1, -0.05) is 49.2 Å². The molecular formula is C23H19ClN4O3. The van der Waals surface area contributed by atoms with Crippen LogP contribution in [0.2, 0.25) is 5.02 Å². The van der Waals surface area contributed by atoms with Gasteiger partial charge in [0.1, 0.15) is 17.4 Å². The fraction of sp³-hybridized carbons (Fsp3) is 0.174.